The Morgan fingerprint density at radius 3 is 2.44 bits per heavy atom. The summed E-state index contributed by atoms with van der Waals surface area (Å²) < 4.78 is 18.7. The smallest absolute Gasteiger partial charge is 0.126 e. The van der Waals surface area contributed by atoms with E-state index in [4.69, 9.17) is 4.74 Å². The van der Waals surface area contributed by atoms with Gasteiger partial charge in [-0.1, -0.05) is 26.0 Å². The van der Waals surface area contributed by atoms with Crippen LogP contribution in [0.15, 0.2) is 18.2 Å². The Labute approximate surface area is 107 Å². The Kier molecular flexibility index (Phi) is 3.41. The summed E-state index contributed by atoms with van der Waals surface area (Å²) >= 11 is 0. The Balaban J connectivity index is 2.44. The van der Waals surface area contributed by atoms with Gasteiger partial charge < -0.3 is 4.74 Å². The molecule has 0 radical (unpaired) electrons. The van der Waals surface area contributed by atoms with E-state index in [9.17, 15) is 9.65 Å². The lowest BCUT2D eigenvalue weighted by Gasteiger charge is -2.46. The van der Waals surface area contributed by atoms with Crippen molar-refractivity contribution in [3.63, 3.8) is 0 Å². The Morgan fingerprint density at radius 2 is 2.06 bits per heavy atom. The summed E-state index contributed by atoms with van der Waals surface area (Å²) in [6.07, 6.45) is 0. The fourth-order valence-electron chi connectivity index (χ4n) is 2.71. The molecule has 3 heteroatoms. The van der Waals surface area contributed by atoms with E-state index in [1.165, 1.54) is 6.07 Å². The van der Waals surface area contributed by atoms with Crippen molar-refractivity contribution in [2.24, 2.45) is 11.8 Å². The molecule has 18 heavy (non-hydrogen) atoms. The van der Waals surface area contributed by atoms with Gasteiger partial charge >= 0.3 is 0 Å². The zero-order valence-corrected chi connectivity index (χ0v) is 11.0. The number of aryl methyl sites for hydroxylation is 1. The van der Waals surface area contributed by atoms with Crippen molar-refractivity contribution < 1.29 is 9.13 Å². The monoisotopic (exact) mass is 247 g/mol. The van der Waals surface area contributed by atoms with Crippen LogP contribution in [0, 0.1) is 35.9 Å². The quantitative estimate of drug-likeness (QED) is 0.821. The first kappa shape index (κ1) is 13.0. The van der Waals surface area contributed by atoms with Gasteiger partial charge in [-0.15, -0.1) is 0 Å². The van der Waals surface area contributed by atoms with E-state index >= 15 is 0 Å². The van der Waals surface area contributed by atoms with Gasteiger partial charge in [-0.3, -0.25) is 0 Å². The first-order valence-corrected chi connectivity index (χ1v) is 6.25. The second kappa shape index (κ2) is 4.70. The van der Waals surface area contributed by atoms with Gasteiger partial charge in [-0.2, -0.15) is 5.26 Å². The van der Waals surface area contributed by atoms with Gasteiger partial charge in [0.2, 0.25) is 0 Å². The first-order chi connectivity index (χ1) is 8.51. The standard InChI is InChI=1S/C15H18FNO/c1-10(2)13(7-17)15(8-18-9-15)12-4-5-14(16)11(3)6-12/h4-6,10,13H,8-9H2,1-3H3. The number of nitriles is 1. The van der Waals surface area contributed by atoms with Crippen LogP contribution in [0.5, 0.6) is 0 Å². The second-order valence-electron chi connectivity index (χ2n) is 5.46. The average Bonchev–Trinajstić information content (AvgIpc) is 2.26. The summed E-state index contributed by atoms with van der Waals surface area (Å²) in [7, 11) is 0. The molecule has 0 saturated carbocycles. The number of hydrogen-bond donors (Lipinski definition) is 0. The second-order valence-corrected chi connectivity index (χ2v) is 5.46. The van der Waals surface area contributed by atoms with Crippen molar-refractivity contribution in [1.82, 2.24) is 0 Å². The maximum Gasteiger partial charge on any atom is 0.126 e. The summed E-state index contributed by atoms with van der Waals surface area (Å²) in [5.41, 5.74) is 1.38. The van der Waals surface area contributed by atoms with Gasteiger partial charge in [0.15, 0.2) is 0 Å². The van der Waals surface area contributed by atoms with Crippen molar-refractivity contribution in [3.8, 4) is 6.07 Å². The third kappa shape index (κ3) is 1.91. The van der Waals surface area contributed by atoms with Crippen LogP contribution in [0.3, 0.4) is 0 Å². The lowest BCUT2D eigenvalue weighted by Crippen LogP contribution is -2.53. The maximum atomic E-state index is 13.4. The zero-order chi connectivity index (χ0) is 13.3. The summed E-state index contributed by atoms with van der Waals surface area (Å²) in [4.78, 5) is 0. The molecule has 1 heterocycles. The summed E-state index contributed by atoms with van der Waals surface area (Å²) in [6.45, 7) is 6.94. The van der Waals surface area contributed by atoms with Gasteiger partial charge in [-0.25, -0.2) is 4.39 Å². The van der Waals surface area contributed by atoms with Crippen molar-refractivity contribution in [2.75, 3.05) is 13.2 Å². The van der Waals surface area contributed by atoms with Crippen LogP contribution in [-0.4, -0.2) is 13.2 Å². The van der Waals surface area contributed by atoms with E-state index in [2.05, 4.69) is 6.07 Å². The minimum atomic E-state index is -0.263. The van der Waals surface area contributed by atoms with E-state index in [-0.39, 0.29) is 23.1 Å². The van der Waals surface area contributed by atoms with Crippen LogP contribution in [0.2, 0.25) is 0 Å². The molecule has 1 fully saturated rings. The summed E-state index contributed by atoms with van der Waals surface area (Å²) in [6, 6.07) is 7.53. The largest absolute Gasteiger partial charge is 0.379 e. The first-order valence-electron chi connectivity index (χ1n) is 6.25. The van der Waals surface area contributed by atoms with Crippen LogP contribution < -0.4 is 0 Å². The lowest BCUT2D eigenvalue weighted by molar-refractivity contribution is -0.0877. The van der Waals surface area contributed by atoms with Crippen LogP contribution in [0.4, 0.5) is 4.39 Å². The minimum Gasteiger partial charge on any atom is -0.379 e. The number of ether oxygens (including phenoxy) is 1. The highest BCUT2D eigenvalue weighted by Crippen LogP contribution is 2.43. The van der Waals surface area contributed by atoms with Gasteiger partial charge in [-0.05, 0) is 30.0 Å². The highest BCUT2D eigenvalue weighted by atomic mass is 19.1. The van der Waals surface area contributed by atoms with Gasteiger partial charge in [0.05, 0.1) is 30.6 Å². The highest BCUT2D eigenvalue weighted by molar-refractivity contribution is 5.35. The molecule has 2 nitrogen and oxygen atoms in total. The molecule has 0 aromatic heterocycles. The average molecular weight is 247 g/mol. The number of rotatable bonds is 3. The molecule has 0 N–H and O–H groups in total. The van der Waals surface area contributed by atoms with Gasteiger partial charge in [0, 0.05) is 0 Å². The molecule has 1 aromatic carbocycles. The molecular formula is C15H18FNO. The van der Waals surface area contributed by atoms with Gasteiger partial charge in [0.25, 0.3) is 0 Å². The summed E-state index contributed by atoms with van der Waals surface area (Å²) in [5.74, 6) is -0.0485. The number of nitrogens with zero attached hydrogens (tertiary/aromatic N) is 1. The number of halogens is 1. The minimum absolute atomic E-state index is 0.101. The summed E-state index contributed by atoms with van der Waals surface area (Å²) in [5, 5.41) is 9.40. The molecule has 1 unspecified atom stereocenters. The lowest BCUT2D eigenvalue weighted by atomic mass is 9.65. The van der Waals surface area contributed by atoms with E-state index < -0.39 is 0 Å². The number of benzene rings is 1. The molecule has 2 rings (SSSR count). The van der Waals surface area contributed by atoms with Crippen LogP contribution >= 0.6 is 0 Å². The molecule has 1 aliphatic heterocycles. The van der Waals surface area contributed by atoms with E-state index in [1.54, 1.807) is 13.0 Å². The molecule has 1 atom stereocenters. The van der Waals surface area contributed by atoms with Crippen molar-refractivity contribution in [1.29, 1.82) is 5.26 Å². The third-order valence-electron chi connectivity index (χ3n) is 3.85. The SMILES string of the molecule is Cc1cc(C2(C(C#N)C(C)C)COC2)ccc1F. The predicted molar refractivity (Wildman–Crippen MR) is 67.6 cm³/mol. The highest BCUT2D eigenvalue weighted by Gasteiger charge is 2.48. The van der Waals surface area contributed by atoms with E-state index in [0.717, 1.165) is 5.56 Å². The van der Waals surface area contributed by atoms with Crippen molar-refractivity contribution in [2.45, 2.75) is 26.2 Å². The van der Waals surface area contributed by atoms with Crippen LogP contribution in [-0.2, 0) is 10.2 Å². The molecule has 1 aromatic rings. The van der Waals surface area contributed by atoms with Gasteiger partial charge in [0.1, 0.15) is 5.82 Å². The fraction of sp³-hybridized carbons (Fsp3) is 0.533. The normalized spacial score (nSPS) is 19.1. The molecular weight excluding hydrogens is 229 g/mol. The molecule has 1 saturated heterocycles. The Hall–Kier alpha value is -1.40. The molecule has 96 valence electrons. The van der Waals surface area contributed by atoms with Crippen molar-refractivity contribution in [3.05, 3.63) is 35.1 Å². The molecule has 0 spiro atoms. The third-order valence-corrected chi connectivity index (χ3v) is 3.85. The molecule has 0 amide bonds. The van der Waals surface area contributed by atoms with Crippen LogP contribution in [0.25, 0.3) is 0 Å². The maximum absolute atomic E-state index is 13.4. The zero-order valence-electron chi connectivity index (χ0n) is 11.0. The van der Waals surface area contributed by atoms with Crippen LogP contribution in [0.1, 0.15) is 25.0 Å². The Bertz CT molecular complexity index is 486. The molecule has 1 aliphatic rings. The predicted octanol–water partition coefficient (Wildman–Crippen LogP) is 3.20. The Morgan fingerprint density at radius 1 is 1.39 bits per heavy atom. The molecule has 0 aliphatic carbocycles. The fourth-order valence-corrected chi connectivity index (χ4v) is 2.71. The van der Waals surface area contributed by atoms with E-state index in [0.29, 0.717) is 18.8 Å². The topological polar surface area (TPSA) is 33.0 Å². The van der Waals surface area contributed by atoms with Crippen molar-refractivity contribution >= 4 is 0 Å². The number of hydrogen-bond acceptors (Lipinski definition) is 2. The van der Waals surface area contributed by atoms with E-state index in [1.807, 2.05) is 19.9 Å². The molecule has 0 bridgehead atoms.